The molecule has 2 heterocycles. The van der Waals surface area contributed by atoms with E-state index in [1.807, 2.05) is 79.9 Å². The minimum atomic E-state index is -1.74. The van der Waals surface area contributed by atoms with Crippen LogP contribution in [0.4, 0.5) is 0 Å². The molecule has 13 atom stereocenters. The average molecular weight is 820 g/mol. The number of aliphatic hydroxyl groups excluding tert-OH is 6. The van der Waals surface area contributed by atoms with Crippen molar-refractivity contribution in [2.45, 2.75) is 99.4 Å². The van der Waals surface area contributed by atoms with Gasteiger partial charge in [0, 0.05) is 12.3 Å². The lowest BCUT2D eigenvalue weighted by atomic mass is 9.93. The predicted molar refractivity (Wildman–Crippen MR) is 211 cm³/mol. The molecule has 4 aromatic rings. The molecule has 0 aromatic heterocycles. The maximum Gasteiger partial charge on any atom is 0.238 e. The highest BCUT2D eigenvalue weighted by molar-refractivity contribution is 5.85. The first-order valence-electron chi connectivity index (χ1n) is 19.3. The van der Waals surface area contributed by atoms with Gasteiger partial charge in [-0.25, -0.2) is 0 Å². The molecule has 317 valence electrons. The smallest absolute Gasteiger partial charge is 0.238 e. The quantitative estimate of drug-likeness (QED) is 0.0716. The van der Waals surface area contributed by atoms with Crippen LogP contribution in [-0.4, -0.2) is 137 Å². The van der Waals surface area contributed by atoms with Crippen molar-refractivity contribution >= 4 is 23.0 Å². The van der Waals surface area contributed by atoms with Crippen LogP contribution >= 0.6 is 0 Å². The van der Waals surface area contributed by atoms with Crippen molar-refractivity contribution in [3.05, 3.63) is 108 Å². The summed E-state index contributed by atoms with van der Waals surface area (Å²) in [6.07, 6.45) is -13.1. The molecule has 9 N–H and O–H groups in total. The number of carbonyl (C=O) groups is 1. The summed E-state index contributed by atoms with van der Waals surface area (Å²) in [6.45, 7) is 0.503. The number of aliphatic hydroxyl groups is 6. The number of amides is 1. The lowest BCUT2D eigenvalue weighted by Crippen LogP contribution is -2.65. The number of hydrogen-bond acceptors (Lipinski definition) is 15. The fraction of sp³-hybridized carbons (Fsp3) is 0.442. The van der Waals surface area contributed by atoms with E-state index in [1.165, 1.54) is 12.1 Å². The molecule has 1 radical (unpaired) electrons. The van der Waals surface area contributed by atoms with Crippen LogP contribution in [0.5, 0.6) is 11.5 Å². The second-order valence-electron chi connectivity index (χ2n) is 14.7. The van der Waals surface area contributed by atoms with Crippen molar-refractivity contribution in [3.63, 3.8) is 0 Å². The topological polar surface area (TPSA) is 249 Å². The summed E-state index contributed by atoms with van der Waals surface area (Å²) in [5, 5.41) is 69.1. The van der Waals surface area contributed by atoms with Gasteiger partial charge in [-0.2, -0.15) is 0 Å². The minimum Gasteiger partial charge on any atom is -0.497 e. The van der Waals surface area contributed by atoms with Crippen LogP contribution in [0.1, 0.15) is 29.5 Å². The van der Waals surface area contributed by atoms with Crippen molar-refractivity contribution in [3.8, 4) is 11.5 Å². The highest BCUT2D eigenvalue weighted by atomic mass is 16.7. The predicted octanol–water partition coefficient (Wildman–Crippen LogP) is 0.344. The lowest BCUT2D eigenvalue weighted by Gasteiger charge is -2.46. The number of benzene rings is 4. The van der Waals surface area contributed by atoms with Crippen LogP contribution in [0, 0.1) is 0 Å². The Kier molecular flexibility index (Phi) is 15.0. The van der Waals surface area contributed by atoms with Crippen LogP contribution in [0.3, 0.4) is 0 Å². The van der Waals surface area contributed by atoms with Crippen LogP contribution in [-0.2, 0) is 41.6 Å². The maximum absolute atomic E-state index is 12.9. The molecule has 0 bridgehead atoms. The molecule has 2 fully saturated rings. The molecule has 2 aliphatic heterocycles. The van der Waals surface area contributed by atoms with E-state index >= 15 is 0 Å². The Hall–Kier alpha value is -4.56. The largest absolute Gasteiger partial charge is 0.497 e. The van der Waals surface area contributed by atoms with Crippen LogP contribution in [0.15, 0.2) is 91.0 Å². The molecule has 59 heavy (non-hydrogen) atoms. The fourth-order valence-corrected chi connectivity index (χ4v) is 7.18. The molecule has 16 heteroatoms. The number of rotatable bonds is 17. The van der Waals surface area contributed by atoms with Crippen molar-refractivity contribution in [1.82, 2.24) is 5.32 Å². The molecule has 4 aromatic carbocycles. The average Bonchev–Trinajstić information content (AvgIpc) is 3.26. The summed E-state index contributed by atoms with van der Waals surface area (Å²) in [4.78, 5) is 24.6. The Morgan fingerprint density at radius 2 is 1.37 bits per heavy atom. The van der Waals surface area contributed by atoms with E-state index in [2.05, 4.69) is 5.32 Å². The van der Waals surface area contributed by atoms with E-state index in [4.69, 9.17) is 34.2 Å². The zero-order valence-corrected chi connectivity index (χ0v) is 32.5. The number of ether oxygens (including phenoxy) is 6. The summed E-state index contributed by atoms with van der Waals surface area (Å²) in [7, 11) is 1.59. The van der Waals surface area contributed by atoms with Gasteiger partial charge in [0.05, 0.1) is 39.0 Å². The van der Waals surface area contributed by atoms with Gasteiger partial charge in [-0.15, -0.1) is 0 Å². The molecule has 2 aliphatic rings. The zero-order valence-electron chi connectivity index (χ0n) is 32.5. The molecule has 6 rings (SSSR count). The van der Waals surface area contributed by atoms with Crippen molar-refractivity contribution in [2.24, 2.45) is 5.73 Å². The van der Waals surface area contributed by atoms with Gasteiger partial charge in [0.25, 0.3) is 0 Å². The maximum atomic E-state index is 12.9. The van der Waals surface area contributed by atoms with Gasteiger partial charge in [0.2, 0.25) is 18.5 Å². The van der Waals surface area contributed by atoms with Crippen molar-refractivity contribution in [1.29, 1.82) is 0 Å². The monoisotopic (exact) mass is 819 g/mol. The van der Waals surface area contributed by atoms with Gasteiger partial charge >= 0.3 is 0 Å². The van der Waals surface area contributed by atoms with E-state index < -0.39 is 92.6 Å². The van der Waals surface area contributed by atoms with Crippen molar-refractivity contribution in [2.75, 3.05) is 20.3 Å². The highest BCUT2D eigenvalue weighted by Crippen LogP contribution is 2.32. The van der Waals surface area contributed by atoms with E-state index in [-0.39, 0.29) is 24.7 Å². The number of carbonyl (C=O) groups excluding carboxylic acids is 2. The molecular formula is C43H51N2O14. The Morgan fingerprint density at radius 1 is 0.780 bits per heavy atom. The Morgan fingerprint density at radius 3 is 2.05 bits per heavy atom. The standard InChI is InChI=1S/C43H51N2O14/c1-23(26-6-4-3-5-7-26)34(44)41(53)45-29(19-46)17-24-9-13-30(14-10-24)56-42-38(52)36(50)40(33(21-48)58-42)59-43-37(51)35(49)39(32(20-47)57-43)55-22-25-8-11-28-18-31(54-2)15-12-27(28)16-25/h3-16,18,23,29,32-40,42-43,47-52H,17,20-22,44H2,1-2H3,(H,45,53). The third kappa shape index (κ3) is 10.4. The molecule has 16 nitrogen and oxygen atoms in total. The molecule has 0 aliphatic carbocycles. The summed E-state index contributed by atoms with van der Waals surface area (Å²) in [6, 6.07) is 25.0. The van der Waals surface area contributed by atoms with E-state index in [1.54, 1.807) is 19.2 Å². The molecule has 2 saturated heterocycles. The van der Waals surface area contributed by atoms with Gasteiger partial charge in [0.1, 0.15) is 60.3 Å². The van der Waals surface area contributed by atoms with Gasteiger partial charge in [-0.3, -0.25) is 9.59 Å². The van der Waals surface area contributed by atoms with Gasteiger partial charge in [0.15, 0.2) is 6.29 Å². The molecule has 1 amide bonds. The van der Waals surface area contributed by atoms with E-state index in [0.29, 0.717) is 11.3 Å². The summed E-state index contributed by atoms with van der Waals surface area (Å²) < 4.78 is 34.4. The van der Waals surface area contributed by atoms with Gasteiger partial charge in [-0.05, 0) is 57.8 Å². The van der Waals surface area contributed by atoms with E-state index in [0.717, 1.165) is 21.9 Å². The fourth-order valence-electron chi connectivity index (χ4n) is 7.18. The molecule has 0 spiro atoms. The Bertz CT molecular complexity index is 1970. The number of nitrogens with one attached hydrogen (secondary N) is 1. The Labute approximate surface area is 341 Å². The summed E-state index contributed by atoms with van der Waals surface area (Å²) in [5.74, 6) is 0.116. The first-order valence-corrected chi connectivity index (χ1v) is 19.3. The number of fused-ring (bicyclic) bond motifs is 1. The lowest BCUT2D eigenvalue weighted by molar-refractivity contribution is -0.355. The van der Waals surface area contributed by atoms with Crippen LogP contribution in [0.25, 0.3) is 10.8 Å². The first-order chi connectivity index (χ1) is 28.4. The van der Waals surface area contributed by atoms with E-state index in [9.17, 15) is 40.2 Å². The Balaban J connectivity index is 1.02. The summed E-state index contributed by atoms with van der Waals surface area (Å²) in [5.41, 5.74) is 8.47. The molecule has 13 unspecified atom stereocenters. The third-order valence-electron chi connectivity index (χ3n) is 10.7. The number of methoxy groups -OCH3 is 1. The first kappa shape index (κ1) is 44.0. The normalized spacial score (nSPS) is 28.6. The van der Waals surface area contributed by atoms with Crippen LogP contribution in [0.2, 0.25) is 0 Å². The zero-order chi connectivity index (χ0) is 42.2. The second kappa shape index (κ2) is 20.1. The van der Waals surface area contributed by atoms with Gasteiger partial charge in [-0.1, -0.05) is 67.6 Å². The van der Waals surface area contributed by atoms with Crippen molar-refractivity contribution < 1.29 is 68.6 Å². The number of nitrogens with two attached hydrogens (primary N) is 1. The highest BCUT2D eigenvalue weighted by Gasteiger charge is 2.51. The summed E-state index contributed by atoms with van der Waals surface area (Å²) >= 11 is 0. The molecule has 0 saturated carbocycles. The van der Waals surface area contributed by atoms with Crippen LogP contribution < -0.4 is 20.5 Å². The second-order valence-corrected chi connectivity index (χ2v) is 14.7. The SMILES string of the molecule is COc1ccc2cc(COC3C(CO)OC(OC4C(CO)OC(Oc5ccc(CC([C]=O)NC(=O)C(N)C(C)c6ccccc6)cc5)C(O)C4O)C(O)C3O)ccc2c1. The number of hydrogen-bond donors (Lipinski definition) is 8. The van der Waals surface area contributed by atoms with Gasteiger partial charge < -0.3 is 70.1 Å². The third-order valence-corrected chi connectivity index (χ3v) is 10.7. The minimum absolute atomic E-state index is 0.0140. The molecular weight excluding hydrogens is 768 g/mol.